The largest absolute Gasteiger partial charge is 0.379 e. The maximum Gasteiger partial charge on any atom is 0.226 e. The van der Waals surface area contributed by atoms with E-state index < -0.39 is 0 Å². The third-order valence-corrected chi connectivity index (χ3v) is 4.39. The first-order chi connectivity index (χ1) is 9.52. The van der Waals surface area contributed by atoms with Crippen molar-refractivity contribution in [3.8, 4) is 0 Å². The second kappa shape index (κ2) is 6.65. The van der Waals surface area contributed by atoms with Crippen LogP contribution >= 0.6 is 11.3 Å². The van der Waals surface area contributed by atoms with Gasteiger partial charge < -0.3 is 14.8 Å². The van der Waals surface area contributed by atoms with Crippen molar-refractivity contribution in [1.82, 2.24) is 10.3 Å². The molecule has 5 nitrogen and oxygen atoms in total. The molecule has 0 spiro atoms. The summed E-state index contributed by atoms with van der Waals surface area (Å²) in [6.45, 7) is 7.91. The third kappa shape index (κ3) is 4.01. The summed E-state index contributed by atoms with van der Waals surface area (Å²) >= 11 is 1.54. The summed E-state index contributed by atoms with van der Waals surface area (Å²) in [5.74, 6) is -0.00101. The van der Waals surface area contributed by atoms with E-state index in [9.17, 15) is 4.79 Å². The number of ether oxygens (including phenoxy) is 2. The van der Waals surface area contributed by atoms with Gasteiger partial charge in [-0.1, -0.05) is 0 Å². The van der Waals surface area contributed by atoms with Crippen LogP contribution in [-0.2, 0) is 20.7 Å². The van der Waals surface area contributed by atoms with E-state index in [-0.39, 0.29) is 17.6 Å². The second-order valence-corrected chi connectivity index (χ2v) is 6.25. The van der Waals surface area contributed by atoms with Crippen molar-refractivity contribution in [2.75, 3.05) is 19.8 Å². The average molecular weight is 298 g/mol. The van der Waals surface area contributed by atoms with Gasteiger partial charge in [-0.15, -0.1) is 11.3 Å². The number of carbonyl (C=O) groups is 1. The Balaban J connectivity index is 1.88. The van der Waals surface area contributed by atoms with E-state index in [1.807, 2.05) is 26.2 Å². The lowest BCUT2D eigenvalue weighted by Gasteiger charge is -2.23. The molecule has 2 rings (SSSR count). The van der Waals surface area contributed by atoms with Crippen LogP contribution in [0.1, 0.15) is 44.0 Å². The molecule has 0 saturated carbocycles. The van der Waals surface area contributed by atoms with Crippen molar-refractivity contribution in [2.24, 2.45) is 0 Å². The van der Waals surface area contributed by atoms with Crippen LogP contribution in [0.5, 0.6) is 0 Å². The first kappa shape index (κ1) is 15.4. The minimum atomic E-state index is -0.228. The first-order valence-corrected chi connectivity index (χ1v) is 7.85. The van der Waals surface area contributed by atoms with Crippen LogP contribution in [-0.4, -0.2) is 36.3 Å². The van der Waals surface area contributed by atoms with Crippen molar-refractivity contribution in [1.29, 1.82) is 0 Å². The molecule has 1 aromatic rings. The Kier molecular flexibility index (Phi) is 5.12. The third-order valence-electron chi connectivity index (χ3n) is 3.34. The normalized spacial score (nSPS) is 23.8. The van der Waals surface area contributed by atoms with E-state index in [2.05, 4.69) is 10.3 Å². The highest BCUT2D eigenvalue weighted by Gasteiger charge is 2.31. The van der Waals surface area contributed by atoms with E-state index >= 15 is 0 Å². The highest BCUT2D eigenvalue weighted by Crippen LogP contribution is 2.22. The zero-order valence-corrected chi connectivity index (χ0v) is 13.1. The van der Waals surface area contributed by atoms with Crippen LogP contribution in [0.3, 0.4) is 0 Å². The number of amides is 1. The smallest absolute Gasteiger partial charge is 0.226 e. The Morgan fingerprint density at radius 3 is 3.15 bits per heavy atom. The lowest BCUT2D eigenvalue weighted by atomic mass is 10.0. The van der Waals surface area contributed by atoms with Crippen molar-refractivity contribution in [3.63, 3.8) is 0 Å². The molecule has 2 unspecified atom stereocenters. The monoisotopic (exact) mass is 298 g/mol. The summed E-state index contributed by atoms with van der Waals surface area (Å²) in [5, 5.41) is 5.89. The van der Waals surface area contributed by atoms with Gasteiger partial charge >= 0.3 is 0 Å². The molecule has 1 amide bonds. The molecular formula is C14H22N2O3S. The minimum Gasteiger partial charge on any atom is -0.379 e. The van der Waals surface area contributed by atoms with E-state index in [0.29, 0.717) is 26.2 Å². The molecule has 1 aromatic heterocycles. The highest BCUT2D eigenvalue weighted by molar-refractivity contribution is 7.09. The maximum absolute atomic E-state index is 12.0. The number of carbonyl (C=O) groups excluding carboxylic acids is 1. The molecule has 0 aliphatic carbocycles. The lowest BCUT2D eigenvalue weighted by molar-refractivity contribution is -0.122. The molecule has 112 valence electrons. The average Bonchev–Trinajstić information content (AvgIpc) is 2.99. The molecule has 1 N–H and O–H groups in total. The zero-order valence-electron chi connectivity index (χ0n) is 12.3. The fraction of sp³-hybridized carbons (Fsp3) is 0.714. The number of nitrogens with zero attached hydrogens (tertiary/aromatic N) is 1. The molecule has 1 saturated heterocycles. The van der Waals surface area contributed by atoms with E-state index in [1.54, 1.807) is 11.3 Å². The van der Waals surface area contributed by atoms with Gasteiger partial charge in [0.1, 0.15) is 11.1 Å². The van der Waals surface area contributed by atoms with Gasteiger partial charge in [0.25, 0.3) is 0 Å². The number of aromatic nitrogens is 1. The number of nitrogens with one attached hydrogen (secondary N) is 1. The van der Waals surface area contributed by atoms with Crippen LogP contribution in [0.15, 0.2) is 5.38 Å². The summed E-state index contributed by atoms with van der Waals surface area (Å²) < 4.78 is 10.8. The first-order valence-electron chi connectivity index (χ1n) is 6.97. The highest BCUT2D eigenvalue weighted by atomic mass is 32.1. The Bertz CT molecular complexity index is 455. The van der Waals surface area contributed by atoms with E-state index in [4.69, 9.17) is 9.47 Å². The number of thiazole rings is 1. The molecule has 2 atom stereocenters. The van der Waals surface area contributed by atoms with Crippen molar-refractivity contribution < 1.29 is 14.3 Å². The molecule has 20 heavy (non-hydrogen) atoms. The number of hydrogen-bond acceptors (Lipinski definition) is 5. The van der Waals surface area contributed by atoms with E-state index in [0.717, 1.165) is 17.1 Å². The molecule has 2 heterocycles. The fourth-order valence-corrected chi connectivity index (χ4v) is 3.05. The molecule has 1 aliphatic rings. The topological polar surface area (TPSA) is 60.5 Å². The summed E-state index contributed by atoms with van der Waals surface area (Å²) in [5.41, 5.74) is 0.575. The van der Waals surface area contributed by atoms with Gasteiger partial charge in [0.05, 0.1) is 24.3 Å². The van der Waals surface area contributed by atoms with Gasteiger partial charge in [0, 0.05) is 18.6 Å². The Morgan fingerprint density at radius 2 is 2.50 bits per heavy atom. The fourth-order valence-electron chi connectivity index (χ4n) is 2.22. The molecule has 0 bridgehead atoms. The SMILES string of the molecule is CCOC(C)c1nc(CC(=O)NC2(C)CCOC2)cs1. The quantitative estimate of drug-likeness (QED) is 0.873. The van der Waals surface area contributed by atoms with Gasteiger partial charge in [0.2, 0.25) is 5.91 Å². The van der Waals surface area contributed by atoms with Gasteiger partial charge in [-0.2, -0.15) is 0 Å². The van der Waals surface area contributed by atoms with Crippen LogP contribution in [0.4, 0.5) is 0 Å². The summed E-state index contributed by atoms with van der Waals surface area (Å²) in [4.78, 5) is 16.5. The predicted octanol–water partition coefficient (Wildman–Crippen LogP) is 2.08. The minimum absolute atomic E-state index is 0.00101. The van der Waals surface area contributed by atoms with Gasteiger partial charge in [-0.25, -0.2) is 4.98 Å². The van der Waals surface area contributed by atoms with Crippen molar-refractivity contribution in [3.05, 3.63) is 16.1 Å². The molecule has 6 heteroatoms. The summed E-state index contributed by atoms with van der Waals surface area (Å²) in [7, 11) is 0. The van der Waals surface area contributed by atoms with Crippen LogP contribution in [0.2, 0.25) is 0 Å². The van der Waals surface area contributed by atoms with Crippen LogP contribution in [0.25, 0.3) is 0 Å². The second-order valence-electron chi connectivity index (χ2n) is 5.36. The standard InChI is InChI=1S/C14H22N2O3S/c1-4-19-10(2)13-15-11(8-20-13)7-12(17)16-14(3)5-6-18-9-14/h8,10H,4-7,9H2,1-3H3,(H,16,17). The molecule has 0 aromatic carbocycles. The Labute approximate surface area is 123 Å². The zero-order chi connectivity index (χ0) is 14.6. The predicted molar refractivity (Wildman–Crippen MR) is 77.8 cm³/mol. The van der Waals surface area contributed by atoms with Gasteiger partial charge in [0.15, 0.2) is 0 Å². The summed E-state index contributed by atoms with van der Waals surface area (Å²) in [6.07, 6.45) is 1.16. The molecular weight excluding hydrogens is 276 g/mol. The van der Waals surface area contributed by atoms with Crippen molar-refractivity contribution >= 4 is 17.2 Å². The van der Waals surface area contributed by atoms with Gasteiger partial charge in [-0.3, -0.25) is 4.79 Å². The number of hydrogen-bond donors (Lipinski definition) is 1. The van der Waals surface area contributed by atoms with Crippen LogP contribution in [0, 0.1) is 0 Å². The van der Waals surface area contributed by atoms with Crippen molar-refractivity contribution in [2.45, 2.75) is 45.3 Å². The molecule has 1 fully saturated rings. The molecule has 0 radical (unpaired) electrons. The van der Waals surface area contributed by atoms with Crippen LogP contribution < -0.4 is 5.32 Å². The maximum atomic E-state index is 12.0. The van der Waals surface area contributed by atoms with E-state index in [1.165, 1.54) is 0 Å². The number of rotatable bonds is 6. The Morgan fingerprint density at radius 1 is 1.70 bits per heavy atom. The summed E-state index contributed by atoms with van der Waals surface area (Å²) in [6, 6.07) is 0. The lowest BCUT2D eigenvalue weighted by Crippen LogP contribution is -2.47. The molecule has 1 aliphatic heterocycles. The Hall–Kier alpha value is -0.980. The van der Waals surface area contributed by atoms with Gasteiger partial charge in [-0.05, 0) is 27.2 Å².